The van der Waals surface area contributed by atoms with Crippen LogP contribution in [0, 0.1) is 17.5 Å². The van der Waals surface area contributed by atoms with Crippen molar-refractivity contribution in [2.45, 2.75) is 12.5 Å². The smallest absolute Gasteiger partial charge is 0.131 e. The Balaban J connectivity index is 2.23. The third kappa shape index (κ3) is 3.36. The Bertz CT molecular complexity index is 601. The van der Waals surface area contributed by atoms with Crippen LogP contribution in [0.25, 0.3) is 0 Å². The van der Waals surface area contributed by atoms with Crippen LogP contribution in [0.2, 0.25) is 0 Å². The maximum Gasteiger partial charge on any atom is 0.131 e. The van der Waals surface area contributed by atoms with Crippen molar-refractivity contribution in [1.82, 2.24) is 0 Å². The summed E-state index contributed by atoms with van der Waals surface area (Å²) in [5.41, 5.74) is 0.648. The fourth-order valence-electron chi connectivity index (χ4n) is 1.78. The van der Waals surface area contributed by atoms with Crippen LogP contribution in [-0.4, -0.2) is 5.11 Å². The third-order valence-corrected chi connectivity index (χ3v) is 3.49. The molecule has 1 N–H and O–H groups in total. The van der Waals surface area contributed by atoms with Crippen LogP contribution in [0.4, 0.5) is 13.2 Å². The molecule has 2 aromatic carbocycles. The van der Waals surface area contributed by atoms with Crippen LogP contribution in [0.15, 0.2) is 40.9 Å². The van der Waals surface area contributed by atoms with E-state index in [1.165, 1.54) is 24.3 Å². The van der Waals surface area contributed by atoms with Crippen molar-refractivity contribution in [1.29, 1.82) is 0 Å². The van der Waals surface area contributed by atoms with Gasteiger partial charge in [0.2, 0.25) is 0 Å². The highest BCUT2D eigenvalue weighted by Crippen LogP contribution is 2.26. The zero-order chi connectivity index (χ0) is 14.0. The van der Waals surface area contributed by atoms with Crippen LogP contribution in [0.5, 0.6) is 0 Å². The number of aliphatic hydroxyl groups is 1. The number of hydrogen-bond donors (Lipinski definition) is 1. The van der Waals surface area contributed by atoms with E-state index in [-0.39, 0.29) is 12.0 Å². The van der Waals surface area contributed by atoms with Gasteiger partial charge in [0.25, 0.3) is 0 Å². The molecule has 0 saturated heterocycles. The molecule has 2 rings (SSSR count). The molecule has 0 spiro atoms. The van der Waals surface area contributed by atoms with E-state index in [1.807, 2.05) is 0 Å². The summed E-state index contributed by atoms with van der Waals surface area (Å²) in [6.45, 7) is 0. The molecule has 0 aliphatic heterocycles. The highest BCUT2D eigenvalue weighted by Gasteiger charge is 2.15. The second-order valence-electron chi connectivity index (χ2n) is 4.12. The maximum absolute atomic E-state index is 13.5. The molecule has 1 unspecified atom stereocenters. The van der Waals surface area contributed by atoms with Gasteiger partial charge < -0.3 is 5.11 Å². The van der Waals surface area contributed by atoms with E-state index in [2.05, 4.69) is 15.9 Å². The summed E-state index contributed by atoms with van der Waals surface area (Å²) in [5, 5.41) is 9.96. The Morgan fingerprint density at radius 1 is 1.00 bits per heavy atom. The highest BCUT2D eigenvalue weighted by atomic mass is 79.9. The predicted molar refractivity (Wildman–Crippen MR) is 69.1 cm³/mol. The third-order valence-electron chi connectivity index (χ3n) is 2.75. The van der Waals surface area contributed by atoms with Crippen molar-refractivity contribution in [3.63, 3.8) is 0 Å². The Morgan fingerprint density at radius 2 is 1.63 bits per heavy atom. The average Bonchev–Trinajstić information content (AvgIpc) is 2.32. The van der Waals surface area contributed by atoms with Crippen molar-refractivity contribution >= 4 is 15.9 Å². The Kier molecular flexibility index (Phi) is 4.27. The molecular formula is C14H10BrF3O. The normalized spacial score (nSPS) is 12.5. The molecule has 0 aliphatic rings. The van der Waals surface area contributed by atoms with E-state index in [0.29, 0.717) is 10.0 Å². The Labute approximate surface area is 116 Å². The number of aliphatic hydroxyl groups excluding tert-OH is 1. The first-order valence-corrected chi connectivity index (χ1v) is 6.33. The van der Waals surface area contributed by atoms with Gasteiger partial charge in [-0.05, 0) is 23.8 Å². The lowest BCUT2D eigenvalue weighted by Crippen LogP contribution is -2.05. The van der Waals surface area contributed by atoms with Gasteiger partial charge in [-0.3, -0.25) is 0 Å². The van der Waals surface area contributed by atoms with Crippen molar-refractivity contribution in [3.05, 3.63) is 69.4 Å². The van der Waals surface area contributed by atoms with Crippen LogP contribution < -0.4 is 0 Å². The van der Waals surface area contributed by atoms with Gasteiger partial charge in [-0.25, -0.2) is 13.2 Å². The fourth-order valence-corrected chi connectivity index (χ4v) is 2.29. The molecule has 0 radical (unpaired) electrons. The van der Waals surface area contributed by atoms with Gasteiger partial charge in [-0.2, -0.15) is 0 Å². The number of benzene rings is 2. The van der Waals surface area contributed by atoms with Crippen LogP contribution in [0.1, 0.15) is 17.2 Å². The summed E-state index contributed by atoms with van der Waals surface area (Å²) in [7, 11) is 0. The van der Waals surface area contributed by atoms with Gasteiger partial charge in [0.1, 0.15) is 17.5 Å². The van der Waals surface area contributed by atoms with Crippen molar-refractivity contribution in [3.8, 4) is 0 Å². The fraction of sp³-hybridized carbons (Fsp3) is 0.143. The quantitative estimate of drug-likeness (QED) is 0.896. The predicted octanol–water partition coefficient (Wildman–Crippen LogP) is 4.14. The number of hydrogen-bond acceptors (Lipinski definition) is 1. The summed E-state index contributed by atoms with van der Waals surface area (Å²) < 4.78 is 39.7. The van der Waals surface area contributed by atoms with Crippen molar-refractivity contribution in [2.24, 2.45) is 0 Å². The van der Waals surface area contributed by atoms with Crippen LogP contribution in [-0.2, 0) is 6.42 Å². The molecule has 1 atom stereocenters. The van der Waals surface area contributed by atoms with E-state index in [0.717, 1.165) is 12.1 Å². The molecule has 0 amide bonds. The molecule has 5 heteroatoms. The first-order chi connectivity index (χ1) is 8.97. The van der Waals surface area contributed by atoms with Crippen molar-refractivity contribution < 1.29 is 18.3 Å². The highest BCUT2D eigenvalue weighted by molar-refractivity contribution is 9.10. The second kappa shape index (κ2) is 5.75. The first kappa shape index (κ1) is 14.1. The molecule has 1 nitrogen and oxygen atoms in total. The Hall–Kier alpha value is -1.33. The van der Waals surface area contributed by atoms with Gasteiger partial charge in [0, 0.05) is 22.5 Å². The van der Waals surface area contributed by atoms with Gasteiger partial charge in [0.15, 0.2) is 0 Å². The molecule has 2 aromatic rings. The Morgan fingerprint density at radius 3 is 2.26 bits per heavy atom. The minimum atomic E-state index is -1.12. The SMILES string of the molecule is OC(Cc1ccc(F)cc1Br)c1ccc(F)cc1F. The van der Waals surface area contributed by atoms with E-state index in [1.54, 1.807) is 0 Å². The monoisotopic (exact) mass is 330 g/mol. The van der Waals surface area contributed by atoms with Gasteiger partial charge in [0.05, 0.1) is 6.10 Å². The van der Waals surface area contributed by atoms with Gasteiger partial charge in [-0.1, -0.05) is 28.1 Å². The topological polar surface area (TPSA) is 20.2 Å². The largest absolute Gasteiger partial charge is 0.388 e. The van der Waals surface area contributed by atoms with Crippen LogP contribution >= 0.6 is 15.9 Å². The zero-order valence-corrected chi connectivity index (χ0v) is 11.3. The molecule has 0 heterocycles. The zero-order valence-electron chi connectivity index (χ0n) is 9.71. The summed E-state index contributed by atoms with van der Waals surface area (Å²) in [5.74, 6) is -1.90. The van der Waals surface area contributed by atoms with Crippen molar-refractivity contribution in [2.75, 3.05) is 0 Å². The van der Waals surface area contributed by atoms with E-state index in [4.69, 9.17) is 0 Å². The molecule has 0 aliphatic carbocycles. The van der Waals surface area contributed by atoms with Gasteiger partial charge >= 0.3 is 0 Å². The van der Waals surface area contributed by atoms with Crippen LogP contribution in [0.3, 0.4) is 0 Å². The first-order valence-electron chi connectivity index (χ1n) is 5.54. The summed E-state index contributed by atoms with van der Waals surface area (Å²) in [6.07, 6.45) is -1.02. The van der Waals surface area contributed by atoms with E-state index in [9.17, 15) is 18.3 Å². The summed E-state index contributed by atoms with van der Waals surface area (Å²) >= 11 is 3.17. The molecule has 100 valence electrons. The summed E-state index contributed by atoms with van der Waals surface area (Å²) in [4.78, 5) is 0. The molecule has 19 heavy (non-hydrogen) atoms. The molecular weight excluding hydrogens is 321 g/mol. The lowest BCUT2D eigenvalue weighted by molar-refractivity contribution is 0.173. The van der Waals surface area contributed by atoms with E-state index >= 15 is 0 Å². The average molecular weight is 331 g/mol. The molecule has 0 bridgehead atoms. The minimum Gasteiger partial charge on any atom is -0.388 e. The summed E-state index contributed by atoms with van der Waals surface area (Å²) in [6, 6.07) is 7.04. The van der Waals surface area contributed by atoms with Gasteiger partial charge in [-0.15, -0.1) is 0 Å². The lowest BCUT2D eigenvalue weighted by Gasteiger charge is -2.13. The minimum absolute atomic E-state index is 0.0117. The number of halogens is 4. The molecule has 0 aromatic heterocycles. The molecule has 0 fully saturated rings. The van der Waals surface area contributed by atoms with E-state index < -0.39 is 23.6 Å². The lowest BCUT2D eigenvalue weighted by atomic mass is 10.0. The number of rotatable bonds is 3. The standard InChI is InChI=1S/C14H10BrF3O/c15-12-6-9(16)2-1-8(12)5-14(19)11-4-3-10(17)7-13(11)18/h1-4,6-7,14,19H,5H2. The maximum atomic E-state index is 13.5. The second-order valence-corrected chi connectivity index (χ2v) is 4.98. The molecule has 0 saturated carbocycles.